The minimum absolute atomic E-state index is 0. The molecule has 0 aromatic rings. The van der Waals surface area contributed by atoms with Crippen LogP contribution in [0.4, 0.5) is 0 Å². The summed E-state index contributed by atoms with van der Waals surface area (Å²) in [6.07, 6.45) is 0. The molecule has 0 aromatic carbocycles. The average molecular weight is 350 g/mol. The molecule has 0 amide bonds. The van der Waals surface area contributed by atoms with Crippen LogP contribution in [0.1, 0.15) is 13.8 Å². The summed E-state index contributed by atoms with van der Waals surface area (Å²) >= 11 is 0. The minimum Gasteiger partial charge on any atom is -1.00 e. The van der Waals surface area contributed by atoms with Crippen molar-refractivity contribution < 1.29 is 40.5 Å². The zero-order valence-electron chi connectivity index (χ0n) is 12.7. The normalized spacial score (nSPS) is 10.2. The summed E-state index contributed by atoms with van der Waals surface area (Å²) in [5.74, 6) is -0.762. The Morgan fingerprint density at radius 3 is 1.45 bits per heavy atom. The maximum atomic E-state index is 11.2. The predicted molar refractivity (Wildman–Crippen MR) is 73.4 cm³/mol. The molecule has 0 N–H and O–H groups in total. The van der Waals surface area contributed by atoms with Gasteiger partial charge in [-0.05, 0) is 13.8 Å². The third-order valence-electron chi connectivity index (χ3n) is 2.56. The molecule has 6 heteroatoms. The lowest BCUT2D eigenvalue weighted by atomic mass is 10.3. The van der Waals surface area contributed by atoms with Gasteiger partial charge in [0.25, 0.3) is 0 Å². The van der Waals surface area contributed by atoms with Gasteiger partial charge in [-0.1, -0.05) is 13.2 Å². The van der Waals surface area contributed by atoms with Crippen molar-refractivity contribution in [3.05, 3.63) is 24.3 Å². The molecule has 0 saturated carbocycles. The number of carbonyl (C=O) groups is 2. The van der Waals surface area contributed by atoms with Gasteiger partial charge in [-0.15, -0.1) is 0 Å². The third-order valence-corrected chi connectivity index (χ3v) is 2.56. The van der Waals surface area contributed by atoms with Crippen molar-refractivity contribution in [3.8, 4) is 0 Å². The fraction of sp³-hybridized carbons (Fsp3) is 0.571. The molecule has 116 valence electrons. The van der Waals surface area contributed by atoms with Crippen LogP contribution in [0.15, 0.2) is 24.3 Å². The van der Waals surface area contributed by atoms with Gasteiger partial charge in [-0.2, -0.15) is 0 Å². The van der Waals surface area contributed by atoms with Gasteiger partial charge in [0, 0.05) is 11.1 Å². The van der Waals surface area contributed by atoms with Crippen molar-refractivity contribution in [2.24, 2.45) is 0 Å². The fourth-order valence-electron chi connectivity index (χ4n) is 1.13. The fourth-order valence-corrected chi connectivity index (χ4v) is 1.13. The Labute approximate surface area is 131 Å². The second-order valence-corrected chi connectivity index (χ2v) is 5.22. The number of esters is 2. The van der Waals surface area contributed by atoms with E-state index in [0.29, 0.717) is 41.9 Å². The summed E-state index contributed by atoms with van der Waals surface area (Å²) in [7, 11) is 3.95. The van der Waals surface area contributed by atoms with Crippen LogP contribution in [0.5, 0.6) is 0 Å². The van der Waals surface area contributed by atoms with Crippen molar-refractivity contribution >= 4 is 11.9 Å². The number of likely N-dealkylation sites (N-methyl/N-ethyl adjacent to an activating group) is 1. The van der Waals surface area contributed by atoms with Gasteiger partial charge in [0.15, 0.2) is 0 Å². The number of hydrogen-bond donors (Lipinski definition) is 0. The molecule has 0 aliphatic heterocycles. The molecule has 0 saturated heterocycles. The highest BCUT2D eigenvalue weighted by molar-refractivity contribution is 5.87. The van der Waals surface area contributed by atoms with Crippen molar-refractivity contribution in [1.82, 2.24) is 0 Å². The summed E-state index contributed by atoms with van der Waals surface area (Å²) in [4.78, 5) is 22.4. The standard InChI is InChI=1S/C14H24NO4.BrH/c1-11(2)13(16)18-9-7-15(5,6)8-10-19-14(17)12(3)4;/h1,3,7-10H2,2,4-6H3;1H/q+1;/p-1. The van der Waals surface area contributed by atoms with E-state index in [1.807, 2.05) is 14.1 Å². The first-order valence-corrected chi connectivity index (χ1v) is 6.13. The van der Waals surface area contributed by atoms with E-state index in [0.717, 1.165) is 0 Å². The number of carbonyl (C=O) groups excluding carboxylic acids is 2. The van der Waals surface area contributed by atoms with Crippen molar-refractivity contribution in [1.29, 1.82) is 0 Å². The summed E-state index contributed by atoms with van der Waals surface area (Å²) in [5.41, 5.74) is 0.779. The van der Waals surface area contributed by atoms with Gasteiger partial charge in [-0.25, -0.2) is 9.59 Å². The largest absolute Gasteiger partial charge is 1.00 e. The number of nitrogens with zero attached hydrogens (tertiary/aromatic N) is 1. The SMILES string of the molecule is C=C(C)C(=O)OCC[N+](C)(C)CCOC(=O)C(=C)C.[Br-]. The zero-order valence-corrected chi connectivity index (χ0v) is 14.3. The molecule has 0 radical (unpaired) electrons. The molecular weight excluding hydrogens is 326 g/mol. The molecule has 20 heavy (non-hydrogen) atoms. The summed E-state index contributed by atoms with van der Waals surface area (Å²) in [5, 5.41) is 0. The molecular formula is C14H24BrNO4. The van der Waals surface area contributed by atoms with E-state index in [-0.39, 0.29) is 28.9 Å². The van der Waals surface area contributed by atoms with E-state index in [2.05, 4.69) is 13.2 Å². The lowest BCUT2D eigenvalue weighted by Crippen LogP contribution is -3.00. The maximum Gasteiger partial charge on any atom is 0.333 e. The van der Waals surface area contributed by atoms with Gasteiger partial charge in [0.2, 0.25) is 0 Å². The third kappa shape index (κ3) is 9.75. The first kappa shape index (κ1) is 21.2. The predicted octanol–water partition coefficient (Wildman–Crippen LogP) is -1.69. The Morgan fingerprint density at radius 2 is 1.20 bits per heavy atom. The molecule has 0 fully saturated rings. The first-order valence-electron chi connectivity index (χ1n) is 6.13. The van der Waals surface area contributed by atoms with Gasteiger partial charge in [0.1, 0.15) is 26.3 Å². The Hall–Kier alpha value is -1.14. The molecule has 0 unspecified atom stereocenters. The molecule has 5 nitrogen and oxygen atoms in total. The number of quaternary nitrogens is 1. The van der Waals surface area contributed by atoms with Crippen LogP contribution in [0.2, 0.25) is 0 Å². The summed E-state index contributed by atoms with van der Waals surface area (Å²) in [6, 6.07) is 0. The van der Waals surface area contributed by atoms with Gasteiger partial charge < -0.3 is 30.9 Å². The Bertz CT molecular complexity index is 343. The van der Waals surface area contributed by atoms with Gasteiger partial charge in [-0.3, -0.25) is 0 Å². The van der Waals surface area contributed by atoms with Crippen molar-refractivity contribution in [3.63, 3.8) is 0 Å². The number of hydrogen-bond acceptors (Lipinski definition) is 4. The zero-order chi connectivity index (χ0) is 15.1. The Balaban J connectivity index is 0. The molecule has 0 rings (SSSR count). The lowest BCUT2D eigenvalue weighted by molar-refractivity contribution is -0.890. The van der Waals surface area contributed by atoms with E-state index in [4.69, 9.17) is 9.47 Å². The molecule has 0 aliphatic rings. The van der Waals surface area contributed by atoms with Crippen LogP contribution in [0.3, 0.4) is 0 Å². The number of ether oxygens (including phenoxy) is 2. The second kappa shape index (κ2) is 9.72. The van der Waals surface area contributed by atoms with Crippen LogP contribution in [-0.2, 0) is 19.1 Å². The maximum absolute atomic E-state index is 11.2. The molecule has 0 aromatic heterocycles. The summed E-state index contributed by atoms with van der Waals surface area (Å²) in [6.45, 7) is 12.2. The van der Waals surface area contributed by atoms with E-state index in [9.17, 15) is 9.59 Å². The van der Waals surface area contributed by atoms with Crippen LogP contribution in [0.25, 0.3) is 0 Å². The van der Waals surface area contributed by atoms with Gasteiger partial charge in [0.05, 0.1) is 14.1 Å². The topological polar surface area (TPSA) is 52.6 Å². The molecule has 0 bridgehead atoms. The summed E-state index contributed by atoms with van der Waals surface area (Å²) < 4.78 is 10.6. The van der Waals surface area contributed by atoms with Crippen LogP contribution in [-0.4, -0.2) is 56.8 Å². The monoisotopic (exact) mass is 349 g/mol. The van der Waals surface area contributed by atoms with Crippen LogP contribution < -0.4 is 17.0 Å². The van der Waals surface area contributed by atoms with E-state index in [1.54, 1.807) is 13.8 Å². The Morgan fingerprint density at radius 1 is 0.900 bits per heavy atom. The quantitative estimate of drug-likeness (QED) is 0.298. The van der Waals surface area contributed by atoms with E-state index in [1.165, 1.54) is 0 Å². The highest BCUT2D eigenvalue weighted by atomic mass is 79.9. The minimum atomic E-state index is -0.381. The highest BCUT2D eigenvalue weighted by Gasteiger charge is 2.17. The highest BCUT2D eigenvalue weighted by Crippen LogP contribution is 2.00. The average Bonchev–Trinajstić information content (AvgIpc) is 2.27. The van der Waals surface area contributed by atoms with Crippen LogP contribution in [0, 0.1) is 0 Å². The number of rotatable bonds is 8. The first-order chi connectivity index (χ1) is 8.65. The van der Waals surface area contributed by atoms with Crippen LogP contribution >= 0.6 is 0 Å². The molecule has 0 heterocycles. The van der Waals surface area contributed by atoms with E-state index >= 15 is 0 Å². The van der Waals surface area contributed by atoms with E-state index < -0.39 is 0 Å². The molecule has 0 aliphatic carbocycles. The van der Waals surface area contributed by atoms with Crippen molar-refractivity contribution in [2.75, 3.05) is 40.4 Å². The Kier molecular flexibility index (Phi) is 10.3. The molecule has 0 spiro atoms. The van der Waals surface area contributed by atoms with Gasteiger partial charge >= 0.3 is 11.9 Å². The lowest BCUT2D eigenvalue weighted by Gasteiger charge is -2.29. The second-order valence-electron chi connectivity index (χ2n) is 5.22. The van der Waals surface area contributed by atoms with Crippen molar-refractivity contribution in [2.45, 2.75) is 13.8 Å². The smallest absolute Gasteiger partial charge is 0.333 e. The molecule has 0 atom stereocenters. The number of halogens is 1.